The smallest absolute Gasteiger partial charge is 0.363 e. The lowest BCUT2D eigenvalue weighted by Gasteiger charge is -2.08. The molecule has 4 rings (SSSR count). The monoisotopic (exact) mass is 491 g/mol. The van der Waals surface area contributed by atoms with Crippen LogP contribution in [0.4, 0.5) is 0 Å². The predicted molar refractivity (Wildman–Crippen MR) is 124 cm³/mol. The Morgan fingerprint density at radius 3 is 2.59 bits per heavy atom. The average Bonchev–Trinajstić information content (AvgIpc) is 3.16. The number of nitrogens with zero attached hydrogens (tertiary/aromatic N) is 1. The summed E-state index contributed by atoms with van der Waals surface area (Å²) >= 11 is 3.41. The van der Waals surface area contributed by atoms with Crippen LogP contribution in [-0.4, -0.2) is 24.9 Å². The number of hydrogen-bond acceptors (Lipinski definition) is 6. The Balaban J connectivity index is 1.65. The Kier molecular flexibility index (Phi) is 6.18. The van der Waals surface area contributed by atoms with Gasteiger partial charge >= 0.3 is 11.9 Å². The van der Waals surface area contributed by atoms with Gasteiger partial charge in [-0.1, -0.05) is 39.7 Å². The maximum atomic E-state index is 12.6. The fourth-order valence-electron chi connectivity index (χ4n) is 3.01. The Morgan fingerprint density at radius 2 is 1.84 bits per heavy atom. The second-order valence-corrected chi connectivity index (χ2v) is 7.92. The molecule has 7 heteroatoms. The fraction of sp³-hybridized carbons (Fsp3) is 0.0800. The summed E-state index contributed by atoms with van der Waals surface area (Å²) < 4.78 is 16.9. The molecule has 0 unspecified atom stereocenters. The van der Waals surface area contributed by atoms with Crippen LogP contribution in [0, 0.1) is 6.92 Å². The van der Waals surface area contributed by atoms with Crippen molar-refractivity contribution in [2.24, 2.45) is 4.99 Å². The zero-order valence-electron chi connectivity index (χ0n) is 17.3. The fourth-order valence-corrected chi connectivity index (χ4v) is 3.39. The first-order chi connectivity index (χ1) is 15.4. The number of hydrogen-bond donors (Lipinski definition) is 0. The van der Waals surface area contributed by atoms with E-state index in [0.717, 1.165) is 10.0 Å². The van der Waals surface area contributed by atoms with Gasteiger partial charge in [-0.2, -0.15) is 0 Å². The van der Waals surface area contributed by atoms with Crippen LogP contribution >= 0.6 is 15.9 Å². The third kappa shape index (κ3) is 4.78. The highest BCUT2D eigenvalue weighted by Gasteiger charge is 2.25. The second kappa shape index (κ2) is 9.20. The number of halogens is 1. The number of methoxy groups -OCH3 is 1. The van der Waals surface area contributed by atoms with Gasteiger partial charge in [0.2, 0.25) is 5.90 Å². The number of aryl methyl sites for hydroxylation is 1. The number of cyclic esters (lactones) is 1. The molecule has 0 N–H and O–H groups in total. The van der Waals surface area contributed by atoms with E-state index in [0.29, 0.717) is 28.2 Å². The summed E-state index contributed by atoms with van der Waals surface area (Å²) in [6.45, 7) is 1.94. The number of carbonyl (C=O) groups excluding carboxylic acids is 2. The van der Waals surface area contributed by atoms with Crippen molar-refractivity contribution >= 4 is 39.8 Å². The molecule has 0 amide bonds. The van der Waals surface area contributed by atoms with E-state index >= 15 is 0 Å². The quantitative estimate of drug-likeness (QED) is 0.274. The van der Waals surface area contributed by atoms with E-state index < -0.39 is 11.9 Å². The summed E-state index contributed by atoms with van der Waals surface area (Å²) in [5.41, 5.74) is 2.67. The van der Waals surface area contributed by atoms with Crippen LogP contribution in [-0.2, 0) is 9.53 Å². The van der Waals surface area contributed by atoms with Gasteiger partial charge in [0.1, 0.15) is 11.5 Å². The lowest BCUT2D eigenvalue weighted by molar-refractivity contribution is -0.129. The van der Waals surface area contributed by atoms with Crippen LogP contribution in [0.2, 0.25) is 0 Å². The molecule has 1 aliphatic rings. The van der Waals surface area contributed by atoms with E-state index in [1.165, 1.54) is 6.08 Å². The maximum Gasteiger partial charge on any atom is 0.363 e. The van der Waals surface area contributed by atoms with Gasteiger partial charge in [-0.3, -0.25) is 0 Å². The van der Waals surface area contributed by atoms with Gasteiger partial charge in [0.05, 0.1) is 12.7 Å². The van der Waals surface area contributed by atoms with E-state index in [9.17, 15) is 9.59 Å². The van der Waals surface area contributed by atoms with Crippen molar-refractivity contribution in [3.05, 3.63) is 99.2 Å². The third-order valence-electron chi connectivity index (χ3n) is 4.69. The van der Waals surface area contributed by atoms with E-state index in [2.05, 4.69) is 20.9 Å². The number of benzene rings is 3. The summed E-state index contributed by atoms with van der Waals surface area (Å²) in [4.78, 5) is 29.3. The van der Waals surface area contributed by atoms with E-state index in [-0.39, 0.29) is 11.6 Å². The Bertz CT molecular complexity index is 1260. The summed E-state index contributed by atoms with van der Waals surface area (Å²) in [5, 5.41) is 0. The number of ether oxygens (including phenoxy) is 3. The van der Waals surface area contributed by atoms with Gasteiger partial charge in [0, 0.05) is 15.6 Å². The van der Waals surface area contributed by atoms with Crippen LogP contribution in [0.25, 0.3) is 6.08 Å². The Morgan fingerprint density at radius 1 is 1.06 bits per heavy atom. The van der Waals surface area contributed by atoms with E-state index in [1.807, 2.05) is 19.1 Å². The van der Waals surface area contributed by atoms with Gasteiger partial charge in [-0.15, -0.1) is 0 Å². The van der Waals surface area contributed by atoms with Crippen molar-refractivity contribution < 1.29 is 23.8 Å². The molecule has 0 aliphatic carbocycles. The minimum Gasteiger partial charge on any atom is -0.497 e. The standard InChI is InChI=1S/C25H18BrNO5/c1-15-6-8-16(9-7-15)24(28)31-22-11-10-19(26)12-18(22)14-21-25(29)32-23(27-21)17-4-3-5-20(13-17)30-2/h3-14H,1-2H3/b21-14-. The maximum absolute atomic E-state index is 12.6. The van der Waals surface area contributed by atoms with Crippen LogP contribution < -0.4 is 9.47 Å². The lowest BCUT2D eigenvalue weighted by atomic mass is 10.1. The highest BCUT2D eigenvalue weighted by molar-refractivity contribution is 9.10. The van der Waals surface area contributed by atoms with Crippen molar-refractivity contribution in [1.82, 2.24) is 0 Å². The first-order valence-electron chi connectivity index (χ1n) is 9.68. The van der Waals surface area contributed by atoms with Crippen LogP contribution in [0.5, 0.6) is 11.5 Å². The van der Waals surface area contributed by atoms with Crippen LogP contribution in [0.1, 0.15) is 27.0 Å². The summed E-state index contributed by atoms with van der Waals surface area (Å²) in [6, 6.07) is 19.3. The zero-order valence-corrected chi connectivity index (χ0v) is 18.9. The molecule has 3 aromatic rings. The molecule has 1 aliphatic heterocycles. The Labute approximate surface area is 193 Å². The SMILES string of the molecule is COc1cccc(C2=N/C(=C\c3cc(Br)ccc3OC(=O)c3ccc(C)cc3)C(=O)O2)c1. The van der Waals surface area contributed by atoms with Crippen LogP contribution in [0.15, 0.2) is 81.9 Å². The molecule has 0 fully saturated rings. The molecule has 0 saturated carbocycles. The molecule has 0 bridgehead atoms. The first-order valence-corrected chi connectivity index (χ1v) is 10.5. The summed E-state index contributed by atoms with van der Waals surface area (Å²) in [6.07, 6.45) is 1.53. The molecule has 32 heavy (non-hydrogen) atoms. The van der Waals surface area contributed by atoms with Gasteiger partial charge in [-0.25, -0.2) is 14.6 Å². The first kappa shape index (κ1) is 21.5. The molecule has 0 saturated heterocycles. The summed E-state index contributed by atoms with van der Waals surface area (Å²) in [7, 11) is 1.56. The molecule has 3 aromatic carbocycles. The van der Waals surface area contributed by atoms with Crippen molar-refractivity contribution in [2.45, 2.75) is 6.92 Å². The van der Waals surface area contributed by atoms with Gasteiger partial charge in [0.25, 0.3) is 0 Å². The highest BCUT2D eigenvalue weighted by atomic mass is 79.9. The van der Waals surface area contributed by atoms with Gasteiger partial charge in [-0.05, 0) is 61.5 Å². The zero-order chi connectivity index (χ0) is 22.7. The van der Waals surface area contributed by atoms with Crippen molar-refractivity contribution in [2.75, 3.05) is 7.11 Å². The van der Waals surface area contributed by atoms with Crippen molar-refractivity contribution in [1.29, 1.82) is 0 Å². The Hall–Kier alpha value is -3.71. The van der Waals surface area contributed by atoms with Crippen LogP contribution in [0.3, 0.4) is 0 Å². The summed E-state index contributed by atoms with van der Waals surface area (Å²) in [5.74, 6) is -0.00595. The van der Waals surface area contributed by atoms with Gasteiger partial charge in [0.15, 0.2) is 5.70 Å². The molecule has 0 radical (unpaired) electrons. The molecule has 1 heterocycles. The highest BCUT2D eigenvalue weighted by Crippen LogP contribution is 2.29. The molecule has 0 atom stereocenters. The van der Waals surface area contributed by atoms with Gasteiger partial charge < -0.3 is 14.2 Å². The van der Waals surface area contributed by atoms with E-state index in [4.69, 9.17) is 14.2 Å². The average molecular weight is 492 g/mol. The van der Waals surface area contributed by atoms with E-state index in [1.54, 1.807) is 61.7 Å². The number of rotatable bonds is 5. The normalized spacial score (nSPS) is 14.2. The molecule has 6 nitrogen and oxygen atoms in total. The number of aliphatic imine (C=N–C) groups is 1. The van der Waals surface area contributed by atoms with Crippen molar-refractivity contribution in [3.63, 3.8) is 0 Å². The van der Waals surface area contributed by atoms with Crippen molar-refractivity contribution in [3.8, 4) is 11.5 Å². The molecule has 0 spiro atoms. The second-order valence-electron chi connectivity index (χ2n) is 7.01. The molecular weight excluding hydrogens is 474 g/mol. The predicted octanol–water partition coefficient (Wildman–Crippen LogP) is 5.33. The molecule has 160 valence electrons. The third-order valence-corrected chi connectivity index (χ3v) is 5.18. The molecule has 0 aromatic heterocycles. The largest absolute Gasteiger partial charge is 0.497 e. The molecular formula is C25H18BrNO5. The lowest BCUT2D eigenvalue weighted by Crippen LogP contribution is -2.09. The number of esters is 2. The number of carbonyl (C=O) groups is 2. The minimum absolute atomic E-state index is 0.0913. The topological polar surface area (TPSA) is 74.2 Å². The minimum atomic E-state index is -0.599.